The summed E-state index contributed by atoms with van der Waals surface area (Å²) in [7, 11) is -1.41. The van der Waals surface area contributed by atoms with E-state index in [9.17, 15) is 0 Å². The Balaban J connectivity index is 0.000000640. The molecule has 0 aliphatic rings. The molecule has 1 rings (SSSR count). The monoisotopic (exact) mass is 128 g/mol. The average molecular weight is 128 g/mol. The van der Waals surface area contributed by atoms with Crippen LogP contribution in [0.3, 0.4) is 0 Å². The van der Waals surface area contributed by atoms with Gasteiger partial charge in [-0.3, -0.25) is 5.10 Å². The Morgan fingerprint density at radius 1 is 1.56 bits per heavy atom. The van der Waals surface area contributed by atoms with Crippen LogP contribution in [-0.4, -0.2) is 27.4 Å². The predicted octanol–water partition coefficient (Wildman–Crippen LogP) is -1.27. The van der Waals surface area contributed by atoms with Gasteiger partial charge in [-0.25, -0.2) is 0 Å². The highest BCUT2D eigenvalue weighted by Crippen LogP contribution is 1.71. The number of aromatic amines is 1. The SMILES string of the molecule is C.OB(O)c1cn[nH]c1. The summed E-state index contributed by atoms with van der Waals surface area (Å²) < 4.78 is 0. The Labute approximate surface area is 53.7 Å². The van der Waals surface area contributed by atoms with Crippen LogP contribution in [0.2, 0.25) is 0 Å². The van der Waals surface area contributed by atoms with Crippen molar-refractivity contribution in [3.63, 3.8) is 0 Å². The van der Waals surface area contributed by atoms with E-state index in [0.29, 0.717) is 5.46 Å². The zero-order valence-corrected chi connectivity index (χ0v) is 4.07. The number of hydrogen-bond donors (Lipinski definition) is 3. The van der Waals surface area contributed by atoms with Crippen molar-refractivity contribution >= 4 is 12.6 Å². The molecule has 3 N–H and O–H groups in total. The first-order valence-electron chi connectivity index (χ1n) is 2.15. The van der Waals surface area contributed by atoms with Gasteiger partial charge in [0, 0.05) is 17.9 Å². The lowest BCUT2D eigenvalue weighted by Gasteiger charge is -1.85. The fraction of sp³-hybridized carbons (Fsp3) is 0.250. The molecule has 0 amide bonds. The molecule has 0 saturated carbocycles. The van der Waals surface area contributed by atoms with Gasteiger partial charge in [-0.1, -0.05) is 7.43 Å². The zero-order valence-electron chi connectivity index (χ0n) is 4.07. The molecule has 5 heteroatoms. The van der Waals surface area contributed by atoms with E-state index in [1.807, 2.05) is 0 Å². The molecule has 0 bridgehead atoms. The van der Waals surface area contributed by atoms with Crippen molar-refractivity contribution in [1.82, 2.24) is 10.2 Å². The molecule has 0 aromatic carbocycles. The Hall–Kier alpha value is -0.805. The molecule has 0 aliphatic carbocycles. The van der Waals surface area contributed by atoms with Crippen LogP contribution >= 0.6 is 0 Å². The molecule has 4 nitrogen and oxygen atoms in total. The Kier molecular flexibility index (Phi) is 2.97. The second-order valence-corrected chi connectivity index (χ2v) is 1.41. The van der Waals surface area contributed by atoms with Crippen LogP contribution in [0.15, 0.2) is 12.4 Å². The molecule has 1 heterocycles. The van der Waals surface area contributed by atoms with E-state index in [4.69, 9.17) is 10.0 Å². The van der Waals surface area contributed by atoms with Crippen molar-refractivity contribution in [2.24, 2.45) is 0 Å². The summed E-state index contributed by atoms with van der Waals surface area (Å²) >= 11 is 0. The highest BCUT2D eigenvalue weighted by molar-refractivity contribution is 6.58. The third-order valence-electron chi connectivity index (χ3n) is 0.818. The summed E-state index contributed by atoms with van der Waals surface area (Å²) in [5.74, 6) is 0. The van der Waals surface area contributed by atoms with E-state index in [1.165, 1.54) is 12.4 Å². The van der Waals surface area contributed by atoms with Crippen LogP contribution in [0, 0.1) is 0 Å². The van der Waals surface area contributed by atoms with Gasteiger partial charge < -0.3 is 10.0 Å². The summed E-state index contributed by atoms with van der Waals surface area (Å²) in [5, 5.41) is 22.8. The minimum atomic E-state index is -1.41. The molecular formula is C4H9BN2O2. The molecular weight excluding hydrogens is 119 g/mol. The van der Waals surface area contributed by atoms with Gasteiger partial charge in [-0.05, 0) is 0 Å². The molecule has 0 fully saturated rings. The zero-order chi connectivity index (χ0) is 5.98. The van der Waals surface area contributed by atoms with Gasteiger partial charge in [-0.15, -0.1) is 0 Å². The van der Waals surface area contributed by atoms with Crippen molar-refractivity contribution in [2.75, 3.05) is 0 Å². The summed E-state index contributed by atoms with van der Waals surface area (Å²) in [4.78, 5) is 0. The molecule has 1 aromatic heterocycles. The molecule has 0 radical (unpaired) electrons. The molecule has 9 heavy (non-hydrogen) atoms. The quantitative estimate of drug-likeness (QED) is 0.413. The minimum absolute atomic E-state index is 0. The maximum atomic E-state index is 8.41. The molecule has 0 aliphatic heterocycles. The van der Waals surface area contributed by atoms with Gasteiger partial charge in [0.1, 0.15) is 0 Å². The highest BCUT2D eigenvalue weighted by atomic mass is 16.4. The molecule has 0 spiro atoms. The summed E-state index contributed by atoms with van der Waals surface area (Å²) in [6.45, 7) is 0. The van der Waals surface area contributed by atoms with Crippen LogP contribution < -0.4 is 5.46 Å². The standard InChI is InChI=1S/C3H5BN2O2.CH4/c7-4(8)3-1-5-6-2-3;/h1-2,7-8H,(H,5,6);1H4. The van der Waals surface area contributed by atoms with Gasteiger partial charge >= 0.3 is 7.12 Å². The highest BCUT2D eigenvalue weighted by Gasteiger charge is 2.09. The van der Waals surface area contributed by atoms with Crippen LogP contribution in [0.5, 0.6) is 0 Å². The smallest absolute Gasteiger partial charge is 0.423 e. The number of H-pyrrole nitrogens is 1. The van der Waals surface area contributed by atoms with Gasteiger partial charge in [-0.2, -0.15) is 5.10 Å². The number of aromatic nitrogens is 2. The average Bonchev–Trinajstić information content (AvgIpc) is 2.12. The van der Waals surface area contributed by atoms with E-state index in [1.54, 1.807) is 0 Å². The fourth-order valence-corrected chi connectivity index (χ4v) is 0.402. The van der Waals surface area contributed by atoms with Crippen molar-refractivity contribution in [3.05, 3.63) is 12.4 Å². The fourth-order valence-electron chi connectivity index (χ4n) is 0.402. The summed E-state index contributed by atoms with van der Waals surface area (Å²) in [5.41, 5.74) is 0.380. The molecule has 0 saturated heterocycles. The van der Waals surface area contributed by atoms with Gasteiger partial charge in [0.05, 0.1) is 0 Å². The first-order valence-corrected chi connectivity index (χ1v) is 2.15. The van der Waals surface area contributed by atoms with Gasteiger partial charge in [0.2, 0.25) is 0 Å². The number of hydrogen-bond acceptors (Lipinski definition) is 3. The molecule has 1 aromatic rings. The molecule has 0 unspecified atom stereocenters. The predicted molar refractivity (Wildman–Crippen MR) is 35.1 cm³/mol. The Bertz CT molecular complexity index is 152. The molecule has 0 atom stereocenters. The lowest BCUT2D eigenvalue weighted by atomic mass is 9.83. The second kappa shape index (κ2) is 3.27. The second-order valence-electron chi connectivity index (χ2n) is 1.41. The Morgan fingerprint density at radius 2 is 2.22 bits per heavy atom. The van der Waals surface area contributed by atoms with Crippen LogP contribution in [-0.2, 0) is 0 Å². The van der Waals surface area contributed by atoms with Gasteiger partial charge in [0.15, 0.2) is 0 Å². The van der Waals surface area contributed by atoms with Crippen molar-refractivity contribution in [1.29, 1.82) is 0 Å². The lowest BCUT2D eigenvalue weighted by molar-refractivity contribution is 0.426. The Morgan fingerprint density at radius 3 is 2.44 bits per heavy atom. The maximum absolute atomic E-state index is 8.41. The van der Waals surface area contributed by atoms with Crippen molar-refractivity contribution < 1.29 is 10.0 Å². The normalized spacial score (nSPS) is 8.22. The minimum Gasteiger partial charge on any atom is -0.423 e. The lowest BCUT2D eigenvalue weighted by Crippen LogP contribution is -2.28. The first-order chi connectivity index (χ1) is 3.80. The van der Waals surface area contributed by atoms with Crippen molar-refractivity contribution in [3.8, 4) is 0 Å². The topological polar surface area (TPSA) is 69.1 Å². The number of nitrogens with zero attached hydrogens (tertiary/aromatic N) is 1. The van der Waals surface area contributed by atoms with E-state index < -0.39 is 7.12 Å². The number of nitrogens with one attached hydrogen (secondary N) is 1. The van der Waals surface area contributed by atoms with Crippen LogP contribution in [0.4, 0.5) is 0 Å². The third kappa shape index (κ3) is 1.87. The summed E-state index contributed by atoms with van der Waals surface area (Å²) in [6, 6.07) is 0. The van der Waals surface area contributed by atoms with E-state index >= 15 is 0 Å². The van der Waals surface area contributed by atoms with E-state index in [2.05, 4.69) is 10.2 Å². The first kappa shape index (κ1) is 8.19. The van der Waals surface area contributed by atoms with E-state index in [-0.39, 0.29) is 7.43 Å². The van der Waals surface area contributed by atoms with E-state index in [0.717, 1.165) is 0 Å². The van der Waals surface area contributed by atoms with Crippen LogP contribution in [0.1, 0.15) is 7.43 Å². The summed E-state index contributed by atoms with van der Waals surface area (Å²) in [6.07, 6.45) is 2.77. The third-order valence-corrected chi connectivity index (χ3v) is 0.818. The largest absolute Gasteiger partial charge is 0.491 e. The van der Waals surface area contributed by atoms with Crippen LogP contribution in [0.25, 0.3) is 0 Å². The molecule has 50 valence electrons. The van der Waals surface area contributed by atoms with Crippen molar-refractivity contribution in [2.45, 2.75) is 7.43 Å². The maximum Gasteiger partial charge on any atom is 0.491 e. The number of rotatable bonds is 1. The van der Waals surface area contributed by atoms with Gasteiger partial charge in [0.25, 0.3) is 0 Å².